The Balaban J connectivity index is 2.05. The fourth-order valence-electron chi connectivity index (χ4n) is 1.87. The number of nitrogens with zero attached hydrogens (tertiary/aromatic N) is 1. The van der Waals surface area contributed by atoms with Gasteiger partial charge in [-0.25, -0.2) is 4.39 Å². The lowest BCUT2D eigenvalue weighted by molar-refractivity contribution is -0.120. The molecule has 0 saturated heterocycles. The Labute approximate surface area is 122 Å². The maximum atomic E-state index is 12.8. The Morgan fingerprint density at radius 1 is 1.05 bits per heavy atom. The van der Waals surface area contributed by atoms with E-state index in [1.54, 1.807) is 24.3 Å². The van der Waals surface area contributed by atoms with E-state index in [0.29, 0.717) is 11.4 Å². The predicted octanol–water partition coefficient (Wildman–Crippen LogP) is 2.82. The van der Waals surface area contributed by atoms with Crippen LogP contribution in [-0.4, -0.2) is 18.4 Å². The summed E-state index contributed by atoms with van der Waals surface area (Å²) in [6.07, 6.45) is 0. The molecule has 0 heterocycles. The largest absolute Gasteiger partial charge is 0.325 e. The van der Waals surface area contributed by atoms with Crippen LogP contribution in [0.1, 0.15) is 6.92 Å². The van der Waals surface area contributed by atoms with Gasteiger partial charge in [0, 0.05) is 18.3 Å². The molecule has 2 rings (SSSR count). The summed E-state index contributed by atoms with van der Waals surface area (Å²) in [5.41, 5.74) is 1.14. The minimum absolute atomic E-state index is 0.100. The number of anilines is 2. The summed E-state index contributed by atoms with van der Waals surface area (Å²) in [5, 5.41) is 2.62. The average Bonchev–Trinajstić information content (AvgIpc) is 2.48. The fourth-order valence-corrected chi connectivity index (χ4v) is 1.87. The van der Waals surface area contributed by atoms with Crippen LogP contribution in [0.4, 0.5) is 15.8 Å². The van der Waals surface area contributed by atoms with E-state index in [2.05, 4.69) is 5.32 Å². The maximum absolute atomic E-state index is 12.8. The zero-order chi connectivity index (χ0) is 15.2. The highest BCUT2D eigenvalue weighted by molar-refractivity contribution is 6.01. The van der Waals surface area contributed by atoms with Crippen molar-refractivity contribution < 1.29 is 14.0 Å². The zero-order valence-electron chi connectivity index (χ0n) is 11.5. The molecule has 4 nitrogen and oxygen atoms in total. The second-order valence-electron chi connectivity index (χ2n) is 4.50. The monoisotopic (exact) mass is 286 g/mol. The number of rotatable bonds is 4. The molecule has 0 aliphatic carbocycles. The van der Waals surface area contributed by atoms with Crippen LogP contribution in [0.3, 0.4) is 0 Å². The van der Waals surface area contributed by atoms with E-state index in [1.807, 2.05) is 6.07 Å². The molecule has 0 atom stereocenters. The lowest BCUT2D eigenvalue weighted by Crippen LogP contribution is -2.36. The van der Waals surface area contributed by atoms with Crippen LogP contribution in [0.25, 0.3) is 0 Å². The molecule has 2 aromatic carbocycles. The number of hydrogen-bond acceptors (Lipinski definition) is 2. The molecule has 0 fully saturated rings. The zero-order valence-corrected chi connectivity index (χ0v) is 11.5. The van der Waals surface area contributed by atoms with Gasteiger partial charge < -0.3 is 10.2 Å². The molecule has 1 N–H and O–H groups in total. The van der Waals surface area contributed by atoms with Crippen molar-refractivity contribution in [1.82, 2.24) is 0 Å². The summed E-state index contributed by atoms with van der Waals surface area (Å²) in [5.74, 6) is -0.946. The van der Waals surface area contributed by atoms with Gasteiger partial charge in [-0.3, -0.25) is 9.59 Å². The third-order valence-electron chi connectivity index (χ3n) is 2.88. The Morgan fingerprint density at radius 3 is 2.24 bits per heavy atom. The topological polar surface area (TPSA) is 49.4 Å². The van der Waals surface area contributed by atoms with Crippen molar-refractivity contribution in [2.45, 2.75) is 6.92 Å². The first-order chi connectivity index (χ1) is 10.1. The van der Waals surface area contributed by atoms with Crippen molar-refractivity contribution in [2.75, 3.05) is 16.8 Å². The first kappa shape index (κ1) is 14.7. The van der Waals surface area contributed by atoms with Gasteiger partial charge in [-0.15, -0.1) is 0 Å². The molecule has 0 saturated carbocycles. The van der Waals surface area contributed by atoms with Crippen LogP contribution in [0.15, 0.2) is 54.6 Å². The van der Waals surface area contributed by atoms with E-state index in [0.717, 1.165) is 0 Å². The van der Waals surface area contributed by atoms with Gasteiger partial charge in [0.15, 0.2) is 0 Å². The predicted molar refractivity (Wildman–Crippen MR) is 79.5 cm³/mol. The molecule has 0 aromatic heterocycles. The molecule has 0 aliphatic heterocycles. The van der Waals surface area contributed by atoms with Crippen LogP contribution in [-0.2, 0) is 9.59 Å². The summed E-state index contributed by atoms with van der Waals surface area (Å²) in [6, 6.07) is 14.4. The Morgan fingerprint density at radius 2 is 1.67 bits per heavy atom. The van der Waals surface area contributed by atoms with Gasteiger partial charge in [-0.05, 0) is 36.4 Å². The Bertz CT molecular complexity index is 626. The SMILES string of the molecule is CC(=O)N(CC(=O)Nc1ccc(F)cc1)c1ccccc1. The maximum Gasteiger partial charge on any atom is 0.244 e. The van der Waals surface area contributed by atoms with E-state index in [9.17, 15) is 14.0 Å². The minimum Gasteiger partial charge on any atom is -0.325 e. The molecule has 21 heavy (non-hydrogen) atoms. The van der Waals surface area contributed by atoms with Crippen molar-refractivity contribution >= 4 is 23.2 Å². The fraction of sp³-hybridized carbons (Fsp3) is 0.125. The highest BCUT2D eigenvalue weighted by Gasteiger charge is 2.15. The van der Waals surface area contributed by atoms with Gasteiger partial charge in [-0.2, -0.15) is 0 Å². The first-order valence-corrected chi connectivity index (χ1v) is 6.45. The Kier molecular flexibility index (Phi) is 4.66. The molecule has 0 aliphatic rings. The van der Waals surface area contributed by atoms with E-state index in [4.69, 9.17) is 0 Å². The molecule has 2 amide bonds. The Hall–Kier alpha value is -2.69. The number of nitrogens with one attached hydrogen (secondary N) is 1. The molecule has 0 radical (unpaired) electrons. The normalized spacial score (nSPS) is 10.0. The number of benzene rings is 2. The van der Waals surface area contributed by atoms with Crippen LogP contribution >= 0.6 is 0 Å². The smallest absolute Gasteiger partial charge is 0.244 e. The van der Waals surface area contributed by atoms with E-state index < -0.39 is 0 Å². The van der Waals surface area contributed by atoms with Gasteiger partial charge in [0.2, 0.25) is 11.8 Å². The molecular weight excluding hydrogens is 271 g/mol. The number of halogens is 1. The molecule has 0 bridgehead atoms. The summed E-state index contributed by atoms with van der Waals surface area (Å²) >= 11 is 0. The van der Waals surface area contributed by atoms with Crippen LogP contribution in [0, 0.1) is 5.82 Å². The average molecular weight is 286 g/mol. The van der Waals surface area contributed by atoms with Crippen LogP contribution in [0.2, 0.25) is 0 Å². The van der Waals surface area contributed by atoms with Gasteiger partial charge in [0.25, 0.3) is 0 Å². The summed E-state index contributed by atoms with van der Waals surface area (Å²) in [6.45, 7) is 1.30. The van der Waals surface area contributed by atoms with Gasteiger partial charge in [-0.1, -0.05) is 18.2 Å². The van der Waals surface area contributed by atoms with Crippen molar-refractivity contribution in [1.29, 1.82) is 0 Å². The van der Waals surface area contributed by atoms with Gasteiger partial charge >= 0.3 is 0 Å². The van der Waals surface area contributed by atoms with Gasteiger partial charge in [0.1, 0.15) is 12.4 Å². The summed E-state index contributed by atoms with van der Waals surface area (Å²) in [4.78, 5) is 25.0. The van der Waals surface area contributed by atoms with Crippen molar-refractivity contribution in [3.63, 3.8) is 0 Å². The number of carbonyl (C=O) groups is 2. The molecule has 0 unspecified atom stereocenters. The highest BCUT2D eigenvalue weighted by atomic mass is 19.1. The van der Waals surface area contributed by atoms with E-state index in [1.165, 1.54) is 36.1 Å². The lowest BCUT2D eigenvalue weighted by Gasteiger charge is -2.20. The number of amides is 2. The van der Waals surface area contributed by atoms with E-state index >= 15 is 0 Å². The standard InChI is InChI=1S/C16H15FN2O2/c1-12(20)19(15-5-3-2-4-6-15)11-16(21)18-14-9-7-13(17)8-10-14/h2-10H,11H2,1H3,(H,18,21). The molecule has 0 spiro atoms. The molecular formula is C16H15FN2O2. The van der Waals surface area contributed by atoms with Crippen molar-refractivity contribution in [2.24, 2.45) is 0 Å². The van der Waals surface area contributed by atoms with Crippen molar-refractivity contribution in [3.8, 4) is 0 Å². The summed E-state index contributed by atoms with van der Waals surface area (Å²) in [7, 11) is 0. The quantitative estimate of drug-likeness (QED) is 0.939. The van der Waals surface area contributed by atoms with E-state index in [-0.39, 0.29) is 24.2 Å². The number of hydrogen-bond donors (Lipinski definition) is 1. The molecule has 2 aromatic rings. The second-order valence-corrected chi connectivity index (χ2v) is 4.50. The minimum atomic E-state index is -0.373. The second kappa shape index (κ2) is 6.65. The highest BCUT2D eigenvalue weighted by Crippen LogP contribution is 2.14. The van der Waals surface area contributed by atoms with Crippen LogP contribution in [0.5, 0.6) is 0 Å². The van der Waals surface area contributed by atoms with Crippen LogP contribution < -0.4 is 10.2 Å². The third kappa shape index (κ3) is 4.14. The molecule has 5 heteroatoms. The lowest BCUT2D eigenvalue weighted by atomic mass is 10.2. The number of carbonyl (C=O) groups excluding carboxylic acids is 2. The van der Waals surface area contributed by atoms with Crippen molar-refractivity contribution in [3.05, 3.63) is 60.4 Å². The van der Waals surface area contributed by atoms with Gasteiger partial charge in [0.05, 0.1) is 0 Å². The number of para-hydroxylation sites is 1. The third-order valence-corrected chi connectivity index (χ3v) is 2.88. The molecule has 108 valence electrons. The first-order valence-electron chi connectivity index (χ1n) is 6.45. The summed E-state index contributed by atoms with van der Waals surface area (Å²) < 4.78 is 12.8.